The molecular weight excluding hydrogens is 334 g/mol. The van der Waals surface area contributed by atoms with Gasteiger partial charge in [-0.05, 0) is 27.6 Å². The van der Waals surface area contributed by atoms with Gasteiger partial charge in [-0.15, -0.1) is 0 Å². The molecule has 0 spiro atoms. The van der Waals surface area contributed by atoms with Crippen molar-refractivity contribution in [2.45, 2.75) is 6.54 Å². The molecule has 19 heavy (non-hydrogen) atoms. The zero-order valence-corrected chi connectivity index (χ0v) is 11.8. The molecule has 0 amide bonds. The third-order valence-electron chi connectivity index (χ3n) is 2.58. The largest absolute Gasteiger partial charge is 0.441 e. The van der Waals surface area contributed by atoms with Crippen molar-refractivity contribution in [3.8, 4) is 11.6 Å². The first-order chi connectivity index (χ1) is 9.11. The van der Waals surface area contributed by atoms with E-state index < -0.39 is 5.76 Å². The normalized spacial score (nSPS) is 11.1. The van der Waals surface area contributed by atoms with E-state index in [1.54, 1.807) is 18.3 Å². The van der Waals surface area contributed by atoms with Gasteiger partial charge in [0.2, 0.25) is 0 Å². The van der Waals surface area contributed by atoms with E-state index in [2.05, 4.69) is 25.9 Å². The molecular formula is C12H7BrClN3O2. The summed E-state index contributed by atoms with van der Waals surface area (Å²) in [6.45, 7) is 0.520. The molecule has 1 aromatic heterocycles. The van der Waals surface area contributed by atoms with E-state index in [1.165, 1.54) is 0 Å². The second-order valence-corrected chi connectivity index (χ2v) is 5.25. The quantitative estimate of drug-likeness (QED) is 0.673. The van der Waals surface area contributed by atoms with Crippen LogP contribution in [0.2, 0.25) is 5.15 Å². The predicted octanol–water partition coefficient (Wildman–Crippen LogP) is 2.80. The van der Waals surface area contributed by atoms with Gasteiger partial charge in [-0.2, -0.15) is 4.98 Å². The van der Waals surface area contributed by atoms with Crippen LogP contribution in [0.5, 0.6) is 0 Å². The van der Waals surface area contributed by atoms with E-state index in [-0.39, 0.29) is 0 Å². The first kappa shape index (κ1) is 12.4. The van der Waals surface area contributed by atoms with Crippen molar-refractivity contribution in [2.24, 2.45) is 0 Å². The summed E-state index contributed by atoms with van der Waals surface area (Å²) in [5.41, 5.74) is 0.948. The summed E-state index contributed by atoms with van der Waals surface area (Å²) in [6.07, 6.45) is 3.51. The van der Waals surface area contributed by atoms with Crippen molar-refractivity contribution >= 4 is 27.5 Å². The van der Waals surface area contributed by atoms with Crippen LogP contribution in [0.15, 0.2) is 44.3 Å². The third kappa shape index (κ3) is 2.54. The van der Waals surface area contributed by atoms with Crippen LogP contribution in [0.25, 0.3) is 11.6 Å². The average Bonchev–Trinajstić information content (AvgIpc) is 2.72. The molecule has 2 aliphatic rings. The lowest BCUT2D eigenvalue weighted by molar-refractivity contribution is 0.529. The Morgan fingerprint density at radius 1 is 1.42 bits per heavy atom. The van der Waals surface area contributed by atoms with Gasteiger partial charge in [0, 0.05) is 22.9 Å². The highest BCUT2D eigenvalue weighted by Crippen LogP contribution is 2.24. The SMILES string of the molecule is O=c1nc2n(Cc3ccc(Cl)nc3)cc(Br)cc-2o1. The van der Waals surface area contributed by atoms with Crippen LogP contribution in [0.4, 0.5) is 0 Å². The topological polar surface area (TPSA) is 60.9 Å². The number of pyridine rings is 2. The molecule has 7 heteroatoms. The Morgan fingerprint density at radius 2 is 2.26 bits per heavy atom. The van der Waals surface area contributed by atoms with Gasteiger partial charge in [0.15, 0.2) is 11.6 Å². The smallest absolute Gasteiger partial charge is 0.405 e. The van der Waals surface area contributed by atoms with Crippen molar-refractivity contribution in [2.75, 3.05) is 0 Å². The minimum atomic E-state index is -0.601. The van der Waals surface area contributed by atoms with E-state index in [1.807, 2.05) is 16.8 Å². The molecule has 0 unspecified atom stereocenters. The lowest BCUT2D eigenvalue weighted by Crippen LogP contribution is -2.06. The standard InChI is InChI=1S/C12H7BrClN3O2/c13-8-3-9-11(16-12(18)19-9)17(6-8)5-7-1-2-10(14)15-4-7/h1-4,6H,5H2. The van der Waals surface area contributed by atoms with Gasteiger partial charge in [0.05, 0.1) is 6.54 Å². The molecule has 96 valence electrons. The minimum Gasteiger partial charge on any atom is -0.405 e. The number of halogens is 2. The maximum absolute atomic E-state index is 11.2. The van der Waals surface area contributed by atoms with Crippen LogP contribution >= 0.6 is 27.5 Å². The summed E-state index contributed by atoms with van der Waals surface area (Å²) >= 11 is 9.11. The van der Waals surface area contributed by atoms with Crippen LogP contribution in [-0.4, -0.2) is 14.5 Å². The van der Waals surface area contributed by atoms with Crippen LogP contribution in [-0.2, 0) is 6.54 Å². The van der Waals surface area contributed by atoms with E-state index in [0.717, 1.165) is 10.0 Å². The average molecular weight is 341 g/mol. The second kappa shape index (κ2) is 4.79. The monoisotopic (exact) mass is 339 g/mol. The van der Waals surface area contributed by atoms with Gasteiger partial charge in [-0.3, -0.25) is 0 Å². The van der Waals surface area contributed by atoms with Crippen LogP contribution in [0.1, 0.15) is 5.56 Å². The van der Waals surface area contributed by atoms with Crippen LogP contribution < -0.4 is 5.76 Å². The Morgan fingerprint density at radius 3 is 3.00 bits per heavy atom. The maximum Gasteiger partial charge on any atom is 0.441 e. The van der Waals surface area contributed by atoms with E-state index in [9.17, 15) is 4.79 Å². The summed E-state index contributed by atoms with van der Waals surface area (Å²) in [7, 11) is 0. The van der Waals surface area contributed by atoms with E-state index in [4.69, 9.17) is 16.0 Å². The van der Waals surface area contributed by atoms with Gasteiger partial charge in [0.25, 0.3) is 0 Å². The summed E-state index contributed by atoms with van der Waals surface area (Å²) in [5, 5.41) is 0.441. The molecule has 0 bridgehead atoms. The molecule has 0 aromatic carbocycles. The molecule has 3 rings (SSSR count). The molecule has 2 aliphatic heterocycles. The molecule has 5 nitrogen and oxygen atoms in total. The van der Waals surface area contributed by atoms with Crippen molar-refractivity contribution in [3.63, 3.8) is 0 Å². The predicted molar refractivity (Wildman–Crippen MR) is 73.4 cm³/mol. The number of fused-ring (bicyclic) bond motifs is 1. The number of hydrogen-bond donors (Lipinski definition) is 0. The van der Waals surface area contributed by atoms with Gasteiger partial charge in [-0.1, -0.05) is 17.7 Å². The number of aromatic nitrogens is 3. The molecule has 0 aliphatic carbocycles. The van der Waals surface area contributed by atoms with Crippen molar-refractivity contribution < 1.29 is 4.42 Å². The highest BCUT2D eigenvalue weighted by Gasteiger charge is 2.15. The summed E-state index contributed by atoms with van der Waals surface area (Å²) in [4.78, 5) is 19.1. The molecule has 0 atom stereocenters. The number of oxazole rings is 1. The summed E-state index contributed by atoms with van der Waals surface area (Å²) in [6, 6.07) is 5.29. The first-order valence-corrected chi connectivity index (χ1v) is 6.56. The van der Waals surface area contributed by atoms with Gasteiger partial charge >= 0.3 is 5.76 Å². The lowest BCUT2D eigenvalue weighted by Gasteiger charge is -2.10. The number of nitrogens with zero attached hydrogens (tertiary/aromatic N) is 3. The van der Waals surface area contributed by atoms with Gasteiger partial charge in [-0.25, -0.2) is 9.78 Å². The maximum atomic E-state index is 11.2. The highest BCUT2D eigenvalue weighted by atomic mass is 79.9. The lowest BCUT2D eigenvalue weighted by atomic mass is 10.2. The summed E-state index contributed by atoms with van der Waals surface area (Å²) in [5.74, 6) is 0.348. The van der Waals surface area contributed by atoms with Crippen molar-refractivity contribution in [1.29, 1.82) is 0 Å². The number of hydrogen-bond acceptors (Lipinski definition) is 4. The Kier molecular flexibility index (Phi) is 3.12. The Labute approximate surface area is 121 Å². The van der Waals surface area contributed by atoms with E-state index in [0.29, 0.717) is 23.3 Å². The van der Waals surface area contributed by atoms with Crippen LogP contribution in [0.3, 0.4) is 0 Å². The molecule has 3 heterocycles. The van der Waals surface area contributed by atoms with Crippen molar-refractivity contribution in [3.05, 3.63) is 56.3 Å². The third-order valence-corrected chi connectivity index (χ3v) is 3.23. The summed E-state index contributed by atoms with van der Waals surface area (Å²) < 4.78 is 7.61. The van der Waals surface area contributed by atoms with E-state index >= 15 is 0 Å². The van der Waals surface area contributed by atoms with Gasteiger partial charge in [0.1, 0.15) is 5.15 Å². The number of rotatable bonds is 2. The molecule has 1 aromatic rings. The molecule has 0 saturated carbocycles. The fourth-order valence-electron chi connectivity index (χ4n) is 1.79. The zero-order chi connectivity index (χ0) is 13.4. The Hall–Kier alpha value is -1.66. The Bertz CT molecular complexity index is 751. The molecule has 0 N–H and O–H groups in total. The fraction of sp³-hybridized carbons (Fsp3) is 0.0833. The molecule has 0 radical (unpaired) electrons. The van der Waals surface area contributed by atoms with Crippen LogP contribution in [0, 0.1) is 0 Å². The molecule has 0 fully saturated rings. The second-order valence-electron chi connectivity index (χ2n) is 3.94. The molecule has 0 saturated heterocycles. The first-order valence-electron chi connectivity index (χ1n) is 5.39. The highest BCUT2D eigenvalue weighted by molar-refractivity contribution is 9.10. The zero-order valence-electron chi connectivity index (χ0n) is 9.51. The Balaban J connectivity index is 2.05. The fourth-order valence-corrected chi connectivity index (χ4v) is 2.36. The van der Waals surface area contributed by atoms with Gasteiger partial charge < -0.3 is 8.98 Å². The minimum absolute atomic E-state index is 0.441. The van der Waals surface area contributed by atoms with Crippen molar-refractivity contribution in [1.82, 2.24) is 14.5 Å².